The molecule has 0 radical (unpaired) electrons. The van der Waals surface area contributed by atoms with Crippen LogP contribution in [-0.4, -0.2) is 5.97 Å². The highest BCUT2D eigenvalue weighted by Crippen LogP contribution is 2.60. The Morgan fingerprint density at radius 1 is 1.20 bits per heavy atom. The van der Waals surface area contributed by atoms with Gasteiger partial charge in [-0.1, -0.05) is 6.92 Å². The van der Waals surface area contributed by atoms with Crippen LogP contribution in [0, 0.1) is 23.5 Å². The van der Waals surface area contributed by atoms with E-state index in [0.29, 0.717) is 0 Å². The number of esters is 1. The fraction of sp³-hybridized carbons (Fsp3) is 0.364. The molecule has 3 unspecified atom stereocenters. The first kappa shape index (κ1) is 8.83. The number of fused-ring (bicyclic) bond motifs is 3. The molecule has 15 heavy (non-hydrogen) atoms. The first-order chi connectivity index (χ1) is 7.11. The van der Waals surface area contributed by atoms with E-state index in [1.807, 2.05) is 6.92 Å². The highest BCUT2D eigenvalue weighted by atomic mass is 19.1. The number of benzene rings is 1. The lowest BCUT2D eigenvalue weighted by molar-refractivity contribution is -0.137. The van der Waals surface area contributed by atoms with Crippen LogP contribution in [0.2, 0.25) is 0 Å². The number of hydrogen-bond acceptors (Lipinski definition) is 2. The van der Waals surface area contributed by atoms with Crippen molar-refractivity contribution in [1.29, 1.82) is 0 Å². The van der Waals surface area contributed by atoms with E-state index < -0.39 is 17.6 Å². The molecule has 78 valence electrons. The molecule has 1 aliphatic heterocycles. The van der Waals surface area contributed by atoms with Crippen LogP contribution in [0.1, 0.15) is 18.4 Å². The maximum Gasteiger partial charge on any atom is 0.315 e. The summed E-state index contributed by atoms with van der Waals surface area (Å²) in [6, 6.07) is 2.06. The van der Waals surface area contributed by atoms with Crippen molar-refractivity contribution < 1.29 is 18.3 Å². The third kappa shape index (κ3) is 0.991. The largest absolute Gasteiger partial charge is 0.423 e. The van der Waals surface area contributed by atoms with E-state index >= 15 is 0 Å². The summed E-state index contributed by atoms with van der Waals surface area (Å²) in [6.45, 7) is 1.84. The maximum atomic E-state index is 13.5. The van der Waals surface area contributed by atoms with Gasteiger partial charge in [0.15, 0.2) is 11.6 Å². The molecular formula is C11H8F2O2. The molecule has 3 atom stereocenters. The zero-order valence-electron chi connectivity index (χ0n) is 7.96. The lowest BCUT2D eigenvalue weighted by Crippen LogP contribution is -2.18. The molecule has 2 aliphatic rings. The highest BCUT2D eigenvalue weighted by molar-refractivity contribution is 5.83. The van der Waals surface area contributed by atoms with E-state index in [1.54, 1.807) is 0 Å². The fourth-order valence-electron chi connectivity index (χ4n) is 2.40. The third-order valence-corrected chi connectivity index (χ3v) is 3.28. The maximum absolute atomic E-state index is 13.5. The molecule has 0 bridgehead atoms. The molecule has 0 saturated heterocycles. The number of carbonyl (C=O) groups is 1. The number of ether oxygens (including phenoxy) is 1. The lowest BCUT2D eigenvalue weighted by Gasteiger charge is -2.15. The van der Waals surface area contributed by atoms with Gasteiger partial charge < -0.3 is 4.74 Å². The molecule has 1 aromatic rings. The second kappa shape index (κ2) is 2.56. The molecule has 0 aromatic heterocycles. The van der Waals surface area contributed by atoms with Gasteiger partial charge in [-0.2, -0.15) is 0 Å². The van der Waals surface area contributed by atoms with Crippen molar-refractivity contribution in [3.05, 3.63) is 29.3 Å². The summed E-state index contributed by atoms with van der Waals surface area (Å²) in [7, 11) is 0. The summed E-state index contributed by atoms with van der Waals surface area (Å²) in [5.41, 5.74) is 0.229. The Morgan fingerprint density at radius 2 is 1.87 bits per heavy atom. The summed E-state index contributed by atoms with van der Waals surface area (Å²) in [4.78, 5) is 11.4. The predicted molar refractivity (Wildman–Crippen MR) is 47.4 cm³/mol. The van der Waals surface area contributed by atoms with E-state index in [1.165, 1.54) is 0 Å². The van der Waals surface area contributed by atoms with E-state index in [2.05, 4.69) is 0 Å². The minimum absolute atomic E-state index is 0.0510. The van der Waals surface area contributed by atoms with Crippen molar-refractivity contribution in [2.45, 2.75) is 12.8 Å². The minimum Gasteiger partial charge on any atom is -0.423 e. The Balaban J connectivity index is 2.22. The Kier molecular flexibility index (Phi) is 1.51. The van der Waals surface area contributed by atoms with Gasteiger partial charge in [0.25, 0.3) is 0 Å². The second-order valence-electron chi connectivity index (χ2n) is 4.10. The summed E-state index contributed by atoms with van der Waals surface area (Å²) in [6.07, 6.45) is 0. The first-order valence-electron chi connectivity index (χ1n) is 4.81. The Morgan fingerprint density at radius 3 is 2.60 bits per heavy atom. The number of carbonyl (C=O) groups excluding carboxylic acids is 1. The van der Waals surface area contributed by atoms with Crippen LogP contribution in [0.15, 0.2) is 12.1 Å². The molecule has 0 amide bonds. The SMILES string of the molecule is CC1C2C(=O)Oc3c(F)ccc(F)c3C12. The standard InChI is InChI=1S/C11H8F2O2/c1-4-7-8(4)11(14)15-10-6(13)3-2-5(12)9(7)10/h2-4,7-8H,1H3. The van der Waals surface area contributed by atoms with Gasteiger partial charge in [0, 0.05) is 11.5 Å². The third-order valence-electron chi connectivity index (χ3n) is 3.28. The molecule has 1 heterocycles. The number of halogens is 2. The minimum atomic E-state index is -0.669. The van der Waals surface area contributed by atoms with Gasteiger partial charge in [-0.15, -0.1) is 0 Å². The summed E-state index contributed by atoms with van der Waals surface area (Å²) in [5.74, 6) is -2.24. The first-order valence-corrected chi connectivity index (χ1v) is 4.81. The normalized spacial score (nSPS) is 31.7. The quantitative estimate of drug-likeness (QED) is 0.485. The molecule has 0 N–H and O–H groups in total. The lowest BCUT2D eigenvalue weighted by atomic mass is 10.0. The van der Waals surface area contributed by atoms with Crippen molar-refractivity contribution in [3.63, 3.8) is 0 Å². The molecule has 1 aromatic carbocycles. The van der Waals surface area contributed by atoms with Gasteiger partial charge in [-0.25, -0.2) is 8.78 Å². The zero-order valence-corrected chi connectivity index (χ0v) is 7.96. The Bertz CT molecular complexity index is 470. The van der Waals surface area contributed by atoms with Gasteiger partial charge in [-0.3, -0.25) is 4.79 Å². The molecule has 1 saturated carbocycles. The average Bonchev–Trinajstić information content (AvgIpc) is 2.85. The topological polar surface area (TPSA) is 26.3 Å². The van der Waals surface area contributed by atoms with Crippen molar-refractivity contribution >= 4 is 5.97 Å². The van der Waals surface area contributed by atoms with Gasteiger partial charge in [0.1, 0.15) is 5.82 Å². The molecule has 3 rings (SSSR count). The van der Waals surface area contributed by atoms with E-state index in [4.69, 9.17) is 4.74 Å². The molecule has 2 nitrogen and oxygen atoms in total. The molecule has 0 spiro atoms. The zero-order chi connectivity index (χ0) is 10.7. The summed E-state index contributed by atoms with van der Waals surface area (Å²) in [5, 5.41) is 0. The van der Waals surface area contributed by atoms with Crippen LogP contribution in [0.3, 0.4) is 0 Å². The van der Waals surface area contributed by atoms with Crippen LogP contribution >= 0.6 is 0 Å². The Labute approximate surface area is 84.9 Å². The van der Waals surface area contributed by atoms with Gasteiger partial charge >= 0.3 is 5.97 Å². The second-order valence-corrected chi connectivity index (χ2v) is 4.10. The van der Waals surface area contributed by atoms with Crippen LogP contribution in [-0.2, 0) is 4.79 Å². The van der Waals surface area contributed by atoms with Crippen molar-refractivity contribution in [3.8, 4) is 5.75 Å². The van der Waals surface area contributed by atoms with Gasteiger partial charge in [-0.05, 0) is 18.1 Å². The molecule has 1 fully saturated rings. The van der Waals surface area contributed by atoms with Crippen molar-refractivity contribution in [1.82, 2.24) is 0 Å². The molecule has 1 aliphatic carbocycles. The van der Waals surface area contributed by atoms with Crippen LogP contribution in [0.4, 0.5) is 8.78 Å². The smallest absolute Gasteiger partial charge is 0.315 e. The average molecular weight is 210 g/mol. The summed E-state index contributed by atoms with van der Waals surface area (Å²) >= 11 is 0. The number of hydrogen-bond donors (Lipinski definition) is 0. The van der Waals surface area contributed by atoms with E-state index in [0.717, 1.165) is 12.1 Å². The van der Waals surface area contributed by atoms with Gasteiger partial charge in [0.05, 0.1) is 5.92 Å². The fourth-order valence-corrected chi connectivity index (χ4v) is 2.40. The Hall–Kier alpha value is -1.45. The van der Waals surface area contributed by atoms with Crippen LogP contribution in [0.5, 0.6) is 5.75 Å². The predicted octanol–water partition coefficient (Wildman–Crippen LogP) is 2.23. The number of rotatable bonds is 0. The summed E-state index contributed by atoms with van der Waals surface area (Å²) < 4.78 is 31.6. The van der Waals surface area contributed by atoms with E-state index in [-0.39, 0.29) is 29.1 Å². The highest BCUT2D eigenvalue weighted by Gasteiger charge is 2.59. The molecule has 4 heteroatoms. The van der Waals surface area contributed by atoms with E-state index in [9.17, 15) is 13.6 Å². The van der Waals surface area contributed by atoms with Crippen LogP contribution in [0.25, 0.3) is 0 Å². The van der Waals surface area contributed by atoms with Gasteiger partial charge in [0.2, 0.25) is 0 Å². The molecular weight excluding hydrogens is 202 g/mol. The van der Waals surface area contributed by atoms with Crippen LogP contribution < -0.4 is 4.74 Å². The van der Waals surface area contributed by atoms with Crippen molar-refractivity contribution in [2.75, 3.05) is 0 Å². The van der Waals surface area contributed by atoms with Crippen molar-refractivity contribution in [2.24, 2.45) is 11.8 Å². The monoisotopic (exact) mass is 210 g/mol.